The Bertz CT molecular complexity index is 724. The van der Waals surface area contributed by atoms with Gasteiger partial charge in [-0.15, -0.1) is 0 Å². The number of ether oxygens (including phenoxy) is 1. The van der Waals surface area contributed by atoms with Gasteiger partial charge >= 0.3 is 0 Å². The normalized spacial score (nSPS) is 20.6. The molecule has 2 aromatic carbocycles. The molecule has 0 atom stereocenters. The average molecular weight is 352 g/mol. The molecule has 0 bridgehead atoms. The molecule has 0 radical (unpaired) electrons. The highest BCUT2D eigenvalue weighted by atomic mass is 19.1. The second-order valence-corrected chi connectivity index (χ2v) is 7.25. The lowest BCUT2D eigenvalue weighted by molar-refractivity contribution is 0.0659. The van der Waals surface area contributed by atoms with E-state index in [1.807, 2.05) is 25.1 Å². The molecule has 1 aliphatic rings. The maximum Gasteiger partial charge on any atom is 0.131 e. The minimum absolute atomic E-state index is 0.128. The fourth-order valence-corrected chi connectivity index (χ4v) is 3.93. The van der Waals surface area contributed by atoms with Gasteiger partial charge in [0.2, 0.25) is 0 Å². The molecule has 0 heterocycles. The van der Waals surface area contributed by atoms with Crippen LogP contribution in [0.5, 0.6) is 0 Å². The van der Waals surface area contributed by atoms with Crippen molar-refractivity contribution in [2.75, 3.05) is 7.11 Å². The van der Waals surface area contributed by atoms with Crippen molar-refractivity contribution < 1.29 is 9.13 Å². The van der Waals surface area contributed by atoms with Crippen LogP contribution in [0.15, 0.2) is 54.6 Å². The first-order valence-corrected chi connectivity index (χ1v) is 9.74. The van der Waals surface area contributed by atoms with Crippen LogP contribution < -0.4 is 0 Å². The first-order valence-electron chi connectivity index (χ1n) is 9.74. The average Bonchev–Trinajstić information content (AvgIpc) is 2.69. The van der Waals surface area contributed by atoms with Crippen LogP contribution in [0.4, 0.5) is 4.39 Å². The van der Waals surface area contributed by atoms with Crippen molar-refractivity contribution in [2.45, 2.75) is 57.5 Å². The van der Waals surface area contributed by atoms with Crippen molar-refractivity contribution in [3.63, 3.8) is 0 Å². The van der Waals surface area contributed by atoms with Crippen molar-refractivity contribution in [3.8, 4) is 11.1 Å². The number of hydrogen-bond acceptors (Lipinski definition) is 1. The summed E-state index contributed by atoms with van der Waals surface area (Å²) in [7, 11) is 1.81. The molecule has 0 amide bonds. The highest BCUT2D eigenvalue weighted by Gasteiger charge is 2.22. The van der Waals surface area contributed by atoms with E-state index < -0.39 is 0 Å². The summed E-state index contributed by atoms with van der Waals surface area (Å²) in [4.78, 5) is 0. The molecule has 0 saturated heterocycles. The van der Waals surface area contributed by atoms with Gasteiger partial charge in [-0.2, -0.15) is 0 Å². The summed E-state index contributed by atoms with van der Waals surface area (Å²) in [6, 6.07) is 14.1. The smallest absolute Gasteiger partial charge is 0.131 e. The number of hydrogen-bond donors (Lipinski definition) is 0. The molecule has 1 fully saturated rings. The molecule has 1 saturated carbocycles. The largest absolute Gasteiger partial charge is 0.381 e. The zero-order chi connectivity index (χ0) is 18.4. The maximum atomic E-state index is 14.6. The Morgan fingerprint density at radius 2 is 1.77 bits per heavy atom. The summed E-state index contributed by atoms with van der Waals surface area (Å²) in [5, 5.41) is 0. The van der Waals surface area contributed by atoms with E-state index >= 15 is 0 Å². The lowest BCUT2D eigenvalue weighted by Crippen LogP contribution is -2.19. The van der Waals surface area contributed by atoms with Crippen LogP contribution in [0, 0.1) is 5.82 Å². The molecule has 0 aliphatic heterocycles. The highest BCUT2D eigenvalue weighted by Crippen LogP contribution is 2.35. The van der Waals surface area contributed by atoms with Gasteiger partial charge in [0, 0.05) is 12.7 Å². The molecule has 1 nitrogen and oxygen atoms in total. The lowest BCUT2D eigenvalue weighted by atomic mass is 9.82. The number of methoxy groups -OCH3 is 1. The molecular weight excluding hydrogens is 323 g/mol. The van der Waals surface area contributed by atoms with Crippen LogP contribution in [-0.2, 0) is 11.2 Å². The zero-order valence-electron chi connectivity index (χ0n) is 15.9. The summed E-state index contributed by atoms with van der Waals surface area (Å²) in [5.41, 5.74) is 4.06. The van der Waals surface area contributed by atoms with Gasteiger partial charge in [0.25, 0.3) is 0 Å². The summed E-state index contributed by atoms with van der Waals surface area (Å²) < 4.78 is 20.0. The second-order valence-electron chi connectivity index (χ2n) is 7.25. The molecule has 2 heteroatoms. The van der Waals surface area contributed by atoms with Crippen LogP contribution in [0.1, 0.15) is 56.1 Å². The third kappa shape index (κ3) is 4.62. The predicted molar refractivity (Wildman–Crippen MR) is 107 cm³/mol. The van der Waals surface area contributed by atoms with Crippen LogP contribution in [0.3, 0.4) is 0 Å². The standard InChI is InChI=1S/C24H29FO/c1-3-4-5-6-18-7-16-23(24(25)17-18)21-10-8-19(9-11-21)20-12-14-22(26-2)15-13-20/h3-4,7-11,16-17,20,22H,5-6,12-15H2,1-2H3/b4-3+. The molecule has 0 spiro atoms. The predicted octanol–water partition coefficient (Wildman–Crippen LogP) is 6.67. The van der Waals surface area contributed by atoms with Gasteiger partial charge < -0.3 is 4.74 Å². The van der Waals surface area contributed by atoms with Gasteiger partial charge in [0.05, 0.1) is 6.10 Å². The van der Waals surface area contributed by atoms with Crippen molar-refractivity contribution >= 4 is 0 Å². The minimum atomic E-state index is -0.128. The Hall–Kier alpha value is -1.93. The number of halogens is 1. The van der Waals surface area contributed by atoms with E-state index in [-0.39, 0.29) is 5.82 Å². The molecule has 3 rings (SSSR count). The van der Waals surface area contributed by atoms with E-state index in [0.29, 0.717) is 17.6 Å². The number of allylic oxidation sites excluding steroid dienone is 2. The van der Waals surface area contributed by atoms with Crippen molar-refractivity contribution in [3.05, 3.63) is 71.6 Å². The molecule has 138 valence electrons. The summed E-state index contributed by atoms with van der Waals surface area (Å²) in [6.45, 7) is 2.01. The SMILES string of the molecule is C/C=C/CCc1ccc(-c2ccc(C3CCC(OC)CC3)cc2)c(F)c1. The Morgan fingerprint density at radius 1 is 1.04 bits per heavy atom. The Labute approximate surface area is 156 Å². The number of aryl methyl sites for hydroxylation is 1. The van der Waals surface area contributed by atoms with Gasteiger partial charge in [-0.3, -0.25) is 0 Å². The van der Waals surface area contributed by atoms with E-state index in [2.05, 4.69) is 30.3 Å². The Balaban J connectivity index is 1.68. The maximum absolute atomic E-state index is 14.6. The van der Waals surface area contributed by atoms with Gasteiger partial charge in [0.1, 0.15) is 5.82 Å². The first-order chi connectivity index (χ1) is 12.7. The molecular formula is C24H29FO. The Kier molecular flexibility index (Phi) is 6.62. The third-order valence-electron chi connectivity index (χ3n) is 5.57. The van der Waals surface area contributed by atoms with Crippen LogP contribution in [0.2, 0.25) is 0 Å². The van der Waals surface area contributed by atoms with E-state index in [4.69, 9.17) is 4.74 Å². The van der Waals surface area contributed by atoms with Gasteiger partial charge in [-0.1, -0.05) is 48.6 Å². The molecule has 26 heavy (non-hydrogen) atoms. The molecule has 2 aromatic rings. The topological polar surface area (TPSA) is 9.23 Å². The highest BCUT2D eigenvalue weighted by molar-refractivity contribution is 5.65. The van der Waals surface area contributed by atoms with E-state index in [1.165, 1.54) is 18.4 Å². The Morgan fingerprint density at radius 3 is 2.38 bits per heavy atom. The first kappa shape index (κ1) is 18.8. The zero-order valence-corrected chi connectivity index (χ0v) is 15.9. The summed E-state index contributed by atoms with van der Waals surface area (Å²) in [6.07, 6.45) is 11.0. The summed E-state index contributed by atoms with van der Waals surface area (Å²) in [5.74, 6) is 0.477. The molecule has 0 N–H and O–H groups in total. The van der Waals surface area contributed by atoms with E-state index in [0.717, 1.165) is 36.8 Å². The number of benzene rings is 2. The quantitative estimate of drug-likeness (QED) is 0.527. The van der Waals surface area contributed by atoms with Crippen LogP contribution >= 0.6 is 0 Å². The molecule has 0 aromatic heterocycles. The van der Waals surface area contributed by atoms with Gasteiger partial charge in [-0.05, 0) is 74.1 Å². The van der Waals surface area contributed by atoms with Crippen molar-refractivity contribution in [1.82, 2.24) is 0 Å². The van der Waals surface area contributed by atoms with Gasteiger partial charge in [0.15, 0.2) is 0 Å². The van der Waals surface area contributed by atoms with Gasteiger partial charge in [-0.25, -0.2) is 4.39 Å². The van der Waals surface area contributed by atoms with Crippen LogP contribution in [0.25, 0.3) is 11.1 Å². The van der Waals surface area contributed by atoms with Crippen molar-refractivity contribution in [1.29, 1.82) is 0 Å². The van der Waals surface area contributed by atoms with E-state index in [9.17, 15) is 4.39 Å². The fourth-order valence-electron chi connectivity index (χ4n) is 3.93. The van der Waals surface area contributed by atoms with Crippen molar-refractivity contribution in [2.24, 2.45) is 0 Å². The molecule has 1 aliphatic carbocycles. The summed E-state index contributed by atoms with van der Waals surface area (Å²) >= 11 is 0. The third-order valence-corrected chi connectivity index (χ3v) is 5.57. The lowest BCUT2D eigenvalue weighted by Gasteiger charge is -2.28. The second kappa shape index (κ2) is 9.14. The monoisotopic (exact) mass is 352 g/mol. The fraction of sp³-hybridized carbons (Fsp3) is 0.417. The van der Waals surface area contributed by atoms with Crippen LogP contribution in [-0.4, -0.2) is 13.2 Å². The number of rotatable bonds is 6. The minimum Gasteiger partial charge on any atom is -0.381 e. The molecule has 0 unspecified atom stereocenters. The van der Waals surface area contributed by atoms with E-state index in [1.54, 1.807) is 13.2 Å².